The van der Waals surface area contributed by atoms with Gasteiger partial charge < -0.3 is 10.5 Å². The van der Waals surface area contributed by atoms with Crippen LogP contribution >= 0.6 is 0 Å². The van der Waals surface area contributed by atoms with Crippen molar-refractivity contribution >= 4 is 0 Å². The van der Waals surface area contributed by atoms with Crippen molar-refractivity contribution in [2.75, 3.05) is 19.7 Å². The Morgan fingerprint density at radius 1 is 1.05 bits per heavy atom. The van der Waals surface area contributed by atoms with E-state index < -0.39 is 0 Å². The molecule has 114 valence electrons. The van der Waals surface area contributed by atoms with Crippen molar-refractivity contribution in [3.05, 3.63) is 29.8 Å². The highest BCUT2D eigenvalue weighted by Crippen LogP contribution is 2.37. The fraction of sp³-hybridized carbons (Fsp3) is 0.667. The lowest BCUT2D eigenvalue weighted by Gasteiger charge is -2.18. The van der Waals surface area contributed by atoms with Gasteiger partial charge in [0.25, 0.3) is 0 Å². The molecular formula is C18H26N2O. The predicted octanol–water partition coefficient (Wildman–Crippen LogP) is 2.64. The van der Waals surface area contributed by atoms with E-state index in [4.69, 9.17) is 10.5 Å². The molecule has 2 N–H and O–H groups in total. The molecule has 0 radical (unpaired) electrons. The Hall–Kier alpha value is -1.06. The van der Waals surface area contributed by atoms with Gasteiger partial charge in [-0.05, 0) is 61.1 Å². The molecule has 1 saturated heterocycles. The van der Waals surface area contributed by atoms with Crippen LogP contribution in [0.25, 0.3) is 0 Å². The number of hydrogen-bond donors (Lipinski definition) is 1. The van der Waals surface area contributed by atoms with E-state index in [-0.39, 0.29) is 0 Å². The van der Waals surface area contributed by atoms with Gasteiger partial charge in [0.1, 0.15) is 5.75 Å². The number of nitrogens with two attached hydrogens (primary N) is 1. The van der Waals surface area contributed by atoms with Gasteiger partial charge in [0.05, 0.1) is 6.61 Å². The zero-order valence-electron chi connectivity index (χ0n) is 12.7. The van der Waals surface area contributed by atoms with E-state index in [1.807, 2.05) is 0 Å². The van der Waals surface area contributed by atoms with E-state index in [1.165, 1.54) is 44.3 Å². The van der Waals surface area contributed by atoms with E-state index in [2.05, 4.69) is 29.2 Å². The van der Waals surface area contributed by atoms with E-state index >= 15 is 0 Å². The summed E-state index contributed by atoms with van der Waals surface area (Å²) >= 11 is 0. The summed E-state index contributed by atoms with van der Waals surface area (Å²) < 4.78 is 5.80. The van der Waals surface area contributed by atoms with Crippen molar-refractivity contribution in [1.29, 1.82) is 0 Å². The van der Waals surface area contributed by atoms with Gasteiger partial charge in [-0.1, -0.05) is 12.1 Å². The Kier molecular flexibility index (Phi) is 3.64. The Labute approximate surface area is 127 Å². The molecular weight excluding hydrogens is 260 g/mol. The molecule has 0 amide bonds. The van der Waals surface area contributed by atoms with Crippen molar-refractivity contribution in [2.45, 2.75) is 38.3 Å². The topological polar surface area (TPSA) is 38.5 Å². The number of ether oxygens (including phenoxy) is 1. The highest BCUT2D eigenvalue weighted by molar-refractivity contribution is 5.27. The average molecular weight is 286 g/mol. The summed E-state index contributed by atoms with van der Waals surface area (Å²) in [7, 11) is 0. The normalized spacial score (nSPS) is 32.3. The molecule has 1 aromatic rings. The molecule has 3 unspecified atom stereocenters. The molecule has 3 atom stereocenters. The van der Waals surface area contributed by atoms with Crippen molar-refractivity contribution in [3.8, 4) is 5.75 Å². The van der Waals surface area contributed by atoms with E-state index in [9.17, 15) is 0 Å². The van der Waals surface area contributed by atoms with Gasteiger partial charge in [-0.2, -0.15) is 0 Å². The first-order valence-electron chi connectivity index (χ1n) is 8.47. The molecule has 21 heavy (non-hydrogen) atoms. The van der Waals surface area contributed by atoms with Crippen molar-refractivity contribution < 1.29 is 4.74 Å². The van der Waals surface area contributed by atoms with Crippen LogP contribution in [0.2, 0.25) is 0 Å². The predicted molar refractivity (Wildman–Crippen MR) is 84.1 cm³/mol. The summed E-state index contributed by atoms with van der Waals surface area (Å²) in [5.74, 6) is 3.43. The van der Waals surface area contributed by atoms with Crippen LogP contribution in [0.3, 0.4) is 0 Å². The molecule has 2 aliphatic carbocycles. The summed E-state index contributed by atoms with van der Waals surface area (Å²) in [5, 5.41) is 0. The van der Waals surface area contributed by atoms with Gasteiger partial charge in [-0.3, -0.25) is 4.90 Å². The second kappa shape index (κ2) is 5.62. The van der Waals surface area contributed by atoms with Crippen molar-refractivity contribution in [3.63, 3.8) is 0 Å². The Balaban J connectivity index is 1.30. The minimum absolute atomic E-state index is 0.443. The maximum atomic E-state index is 6.21. The minimum atomic E-state index is 0.443. The average Bonchev–Trinajstić information content (AvgIpc) is 3.15. The molecule has 0 bridgehead atoms. The molecule has 1 aromatic carbocycles. The van der Waals surface area contributed by atoms with Gasteiger partial charge in [0.15, 0.2) is 0 Å². The fourth-order valence-electron chi connectivity index (χ4n) is 3.98. The molecule has 3 fully saturated rings. The quantitative estimate of drug-likeness (QED) is 0.904. The Morgan fingerprint density at radius 2 is 1.86 bits per heavy atom. The second-order valence-corrected chi connectivity index (χ2v) is 7.26. The van der Waals surface area contributed by atoms with Gasteiger partial charge in [-0.25, -0.2) is 0 Å². The van der Waals surface area contributed by atoms with Crippen LogP contribution in [-0.2, 0) is 6.54 Å². The lowest BCUT2D eigenvalue weighted by atomic mass is 9.98. The van der Waals surface area contributed by atoms with E-state index in [1.54, 1.807) is 0 Å². The number of likely N-dealkylation sites (tertiary alicyclic amines) is 1. The zero-order chi connectivity index (χ0) is 14.2. The van der Waals surface area contributed by atoms with Crippen LogP contribution in [0, 0.1) is 17.8 Å². The first-order chi connectivity index (χ1) is 10.3. The molecule has 0 spiro atoms. The summed E-state index contributed by atoms with van der Waals surface area (Å²) in [6.45, 7) is 4.37. The van der Waals surface area contributed by atoms with Crippen molar-refractivity contribution in [1.82, 2.24) is 4.90 Å². The second-order valence-electron chi connectivity index (χ2n) is 7.26. The minimum Gasteiger partial charge on any atom is -0.493 e. The van der Waals surface area contributed by atoms with Crippen LogP contribution in [-0.4, -0.2) is 30.6 Å². The highest BCUT2D eigenvalue weighted by atomic mass is 16.5. The number of benzene rings is 1. The van der Waals surface area contributed by atoms with Crippen LogP contribution < -0.4 is 10.5 Å². The molecule has 3 nitrogen and oxygen atoms in total. The number of nitrogens with zero attached hydrogens (tertiary/aromatic N) is 1. The SMILES string of the molecule is NC1CCC2CN(Cc3ccc(OCC4CC4)cc3)CC12. The third kappa shape index (κ3) is 3.09. The maximum absolute atomic E-state index is 6.21. The van der Waals surface area contributed by atoms with Crippen LogP contribution in [0.15, 0.2) is 24.3 Å². The van der Waals surface area contributed by atoms with Gasteiger partial charge in [0.2, 0.25) is 0 Å². The standard InChI is InChI=1S/C18H26N2O/c19-18-8-5-15-10-20(11-17(15)18)9-13-3-6-16(7-4-13)21-12-14-1-2-14/h3-4,6-7,14-15,17-18H,1-2,5,8-12,19H2. The Bertz CT molecular complexity index is 482. The first-order valence-corrected chi connectivity index (χ1v) is 8.47. The van der Waals surface area contributed by atoms with Crippen LogP contribution in [0.4, 0.5) is 0 Å². The van der Waals surface area contributed by atoms with Gasteiger partial charge >= 0.3 is 0 Å². The first kappa shape index (κ1) is 13.6. The molecule has 1 aliphatic heterocycles. The number of rotatable bonds is 5. The van der Waals surface area contributed by atoms with Crippen LogP contribution in [0.1, 0.15) is 31.2 Å². The molecule has 4 rings (SSSR count). The molecule has 3 aliphatic rings. The third-order valence-corrected chi connectivity index (χ3v) is 5.50. The zero-order valence-corrected chi connectivity index (χ0v) is 12.7. The van der Waals surface area contributed by atoms with E-state index in [0.29, 0.717) is 6.04 Å². The van der Waals surface area contributed by atoms with Crippen molar-refractivity contribution in [2.24, 2.45) is 23.5 Å². The Morgan fingerprint density at radius 3 is 2.57 bits per heavy atom. The number of fused-ring (bicyclic) bond motifs is 1. The molecule has 2 saturated carbocycles. The number of hydrogen-bond acceptors (Lipinski definition) is 3. The largest absolute Gasteiger partial charge is 0.493 e. The molecule has 1 heterocycles. The van der Waals surface area contributed by atoms with Gasteiger partial charge in [-0.15, -0.1) is 0 Å². The third-order valence-electron chi connectivity index (χ3n) is 5.50. The maximum Gasteiger partial charge on any atom is 0.119 e. The summed E-state index contributed by atoms with van der Waals surface area (Å²) in [4.78, 5) is 2.58. The van der Waals surface area contributed by atoms with E-state index in [0.717, 1.165) is 36.7 Å². The monoisotopic (exact) mass is 286 g/mol. The summed E-state index contributed by atoms with van der Waals surface area (Å²) in [6.07, 6.45) is 5.25. The lowest BCUT2D eigenvalue weighted by molar-refractivity contribution is 0.294. The van der Waals surface area contributed by atoms with Crippen LogP contribution in [0.5, 0.6) is 5.75 Å². The fourth-order valence-corrected chi connectivity index (χ4v) is 3.98. The summed E-state index contributed by atoms with van der Waals surface area (Å²) in [6, 6.07) is 9.13. The molecule has 3 heteroatoms. The lowest BCUT2D eigenvalue weighted by Crippen LogP contribution is -2.30. The smallest absolute Gasteiger partial charge is 0.119 e. The highest BCUT2D eigenvalue weighted by Gasteiger charge is 2.40. The summed E-state index contributed by atoms with van der Waals surface area (Å²) in [5.41, 5.74) is 7.61. The van der Waals surface area contributed by atoms with Gasteiger partial charge in [0, 0.05) is 25.7 Å². The molecule has 0 aromatic heterocycles.